The standard InChI is InChI=1S/C15H16Cl2N4O2/c16-11-3-4-12(13(17)9-11)15(23)19-10-14(22)18-5-1-7-21-8-2-6-20-21/h2-4,6,8-9H,1,5,7,10H2,(H,18,22)(H,19,23). The van der Waals surface area contributed by atoms with Crippen LogP contribution in [0.5, 0.6) is 0 Å². The Labute approximate surface area is 143 Å². The van der Waals surface area contributed by atoms with Gasteiger partial charge in [-0.2, -0.15) is 5.10 Å². The summed E-state index contributed by atoms with van der Waals surface area (Å²) in [6.07, 6.45) is 4.32. The van der Waals surface area contributed by atoms with Crippen LogP contribution in [0.3, 0.4) is 0 Å². The SMILES string of the molecule is O=C(CNC(=O)c1ccc(Cl)cc1Cl)NCCCn1cccn1. The first-order valence-corrected chi connectivity index (χ1v) is 7.79. The largest absolute Gasteiger partial charge is 0.355 e. The maximum Gasteiger partial charge on any atom is 0.253 e. The van der Waals surface area contributed by atoms with E-state index in [1.807, 2.05) is 12.3 Å². The maximum atomic E-state index is 11.9. The van der Waals surface area contributed by atoms with Crippen molar-refractivity contribution in [2.45, 2.75) is 13.0 Å². The fourth-order valence-corrected chi connectivity index (χ4v) is 2.39. The number of aryl methyl sites for hydroxylation is 1. The lowest BCUT2D eigenvalue weighted by Gasteiger charge is -2.08. The van der Waals surface area contributed by atoms with Crippen LogP contribution in [0.15, 0.2) is 36.7 Å². The van der Waals surface area contributed by atoms with Crippen LogP contribution in [0.25, 0.3) is 0 Å². The highest BCUT2D eigenvalue weighted by Crippen LogP contribution is 2.20. The second-order valence-corrected chi connectivity index (χ2v) is 5.62. The van der Waals surface area contributed by atoms with Crippen LogP contribution in [0.2, 0.25) is 10.0 Å². The van der Waals surface area contributed by atoms with Gasteiger partial charge in [0.1, 0.15) is 0 Å². The van der Waals surface area contributed by atoms with E-state index in [9.17, 15) is 9.59 Å². The fraction of sp³-hybridized carbons (Fsp3) is 0.267. The summed E-state index contributed by atoms with van der Waals surface area (Å²) in [7, 11) is 0. The molecular formula is C15H16Cl2N4O2. The molecule has 1 heterocycles. The molecule has 2 N–H and O–H groups in total. The van der Waals surface area contributed by atoms with Crippen LogP contribution < -0.4 is 10.6 Å². The molecule has 1 aromatic carbocycles. The second-order valence-electron chi connectivity index (χ2n) is 4.78. The molecule has 0 saturated heterocycles. The average Bonchev–Trinajstić information content (AvgIpc) is 3.02. The van der Waals surface area contributed by atoms with Crippen LogP contribution in [-0.2, 0) is 11.3 Å². The Morgan fingerprint density at radius 3 is 2.74 bits per heavy atom. The number of carbonyl (C=O) groups excluding carboxylic acids is 2. The molecule has 0 bridgehead atoms. The molecule has 8 heteroatoms. The highest BCUT2D eigenvalue weighted by Gasteiger charge is 2.11. The summed E-state index contributed by atoms with van der Waals surface area (Å²) in [5.41, 5.74) is 0.280. The Morgan fingerprint density at radius 1 is 1.22 bits per heavy atom. The molecule has 0 saturated carbocycles. The van der Waals surface area contributed by atoms with E-state index in [0.717, 1.165) is 13.0 Å². The van der Waals surface area contributed by atoms with Crippen molar-refractivity contribution >= 4 is 35.0 Å². The van der Waals surface area contributed by atoms with E-state index in [1.165, 1.54) is 12.1 Å². The minimum Gasteiger partial charge on any atom is -0.355 e. The molecule has 0 spiro atoms. The van der Waals surface area contributed by atoms with Gasteiger partial charge in [-0.1, -0.05) is 23.2 Å². The lowest BCUT2D eigenvalue weighted by Crippen LogP contribution is -2.37. The number of rotatable bonds is 7. The number of nitrogens with one attached hydrogen (secondary N) is 2. The molecule has 0 aliphatic rings. The highest BCUT2D eigenvalue weighted by atomic mass is 35.5. The van der Waals surface area contributed by atoms with Crippen LogP contribution in [0.4, 0.5) is 0 Å². The summed E-state index contributed by atoms with van der Waals surface area (Å²) >= 11 is 11.7. The van der Waals surface area contributed by atoms with Crippen molar-refractivity contribution < 1.29 is 9.59 Å². The van der Waals surface area contributed by atoms with E-state index in [0.29, 0.717) is 11.6 Å². The molecule has 122 valence electrons. The number of amides is 2. The van der Waals surface area contributed by atoms with E-state index in [-0.39, 0.29) is 23.0 Å². The zero-order valence-electron chi connectivity index (χ0n) is 12.3. The molecule has 6 nitrogen and oxygen atoms in total. The zero-order valence-corrected chi connectivity index (χ0v) is 13.8. The second kappa shape index (κ2) is 8.55. The third kappa shape index (κ3) is 5.58. The number of aromatic nitrogens is 2. The Hall–Kier alpha value is -2.05. The van der Waals surface area contributed by atoms with Gasteiger partial charge in [-0.25, -0.2) is 0 Å². The van der Waals surface area contributed by atoms with E-state index in [1.54, 1.807) is 16.9 Å². The molecule has 0 fully saturated rings. The van der Waals surface area contributed by atoms with Crippen molar-refractivity contribution in [2.24, 2.45) is 0 Å². The Morgan fingerprint density at radius 2 is 2.04 bits per heavy atom. The first-order valence-electron chi connectivity index (χ1n) is 7.03. The number of nitrogens with zero attached hydrogens (tertiary/aromatic N) is 2. The summed E-state index contributed by atoms with van der Waals surface area (Å²) in [6.45, 7) is 1.12. The van der Waals surface area contributed by atoms with Crippen molar-refractivity contribution in [3.05, 3.63) is 52.3 Å². The van der Waals surface area contributed by atoms with Gasteiger partial charge in [0.2, 0.25) is 5.91 Å². The van der Waals surface area contributed by atoms with Gasteiger partial charge in [0.05, 0.1) is 17.1 Å². The Kier molecular flexibility index (Phi) is 6.43. The summed E-state index contributed by atoms with van der Waals surface area (Å²) in [6, 6.07) is 6.41. The predicted octanol–water partition coefficient (Wildman–Crippen LogP) is 2.13. The monoisotopic (exact) mass is 354 g/mol. The summed E-state index contributed by atoms with van der Waals surface area (Å²) in [4.78, 5) is 23.6. The van der Waals surface area contributed by atoms with E-state index < -0.39 is 5.91 Å². The Balaban J connectivity index is 1.68. The fourth-order valence-electron chi connectivity index (χ4n) is 1.89. The number of halogens is 2. The summed E-state index contributed by atoms with van der Waals surface area (Å²) < 4.78 is 1.79. The van der Waals surface area contributed by atoms with Gasteiger partial charge < -0.3 is 10.6 Å². The molecule has 0 atom stereocenters. The van der Waals surface area contributed by atoms with Gasteiger partial charge in [0.25, 0.3) is 5.91 Å². The molecule has 1 aromatic heterocycles. The topological polar surface area (TPSA) is 76.0 Å². The summed E-state index contributed by atoms with van der Waals surface area (Å²) in [5.74, 6) is -0.678. The van der Waals surface area contributed by atoms with E-state index >= 15 is 0 Å². The van der Waals surface area contributed by atoms with Crippen LogP contribution in [-0.4, -0.2) is 34.7 Å². The predicted molar refractivity (Wildman–Crippen MR) is 88.6 cm³/mol. The number of benzene rings is 1. The number of hydrogen-bond donors (Lipinski definition) is 2. The molecule has 0 radical (unpaired) electrons. The van der Waals surface area contributed by atoms with Crippen molar-refractivity contribution in [2.75, 3.05) is 13.1 Å². The average molecular weight is 355 g/mol. The van der Waals surface area contributed by atoms with Crippen molar-refractivity contribution in [1.29, 1.82) is 0 Å². The number of carbonyl (C=O) groups is 2. The lowest BCUT2D eigenvalue weighted by molar-refractivity contribution is -0.120. The van der Waals surface area contributed by atoms with Gasteiger partial charge >= 0.3 is 0 Å². The van der Waals surface area contributed by atoms with Crippen LogP contribution in [0.1, 0.15) is 16.8 Å². The molecular weight excluding hydrogens is 339 g/mol. The smallest absolute Gasteiger partial charge is 0.253 e. The summed E-state index contributed by atoms with van der Waals surface area (Å²) in [5, 5.41) is 10.0. The Bertz CT molecular complexity index is 674. The lowest BCUT2D eigenvalue weighted by atomic mass is 10.2. The van der Waals surface area contributed by atoms with Crippen molar-refractivity contribution in [3.63, 3.8) is 0 Å². The van der Waals surface area contributed by atoms with Crippen molar-refractivity contribution in [1.82, 2.24) is 20.4 Å². The molecule has 0 unspecified atom stereocenters. The van der Waals surface area contributed by atoms with Crippen molar-refractivity contribution in [3.8, 4) is 0 Å². The van der Waals surface area contributed by atoms with Gasteiger partial charge in [0.15, 0.2) is 0 Å². The van der Waals surface area contributed by atoms with E-state index in [4.69, 9.17) is 23.2 Å². The van der Waals surface area contributed by atoms with Crippen LogP contribution >= 0.6 is 23.2 Å². The third-order valence-corrected chi connectivity index (χ3v) is 3.58. The van der Waals surface area contributed by atoms with Gasteiger partial charge in [-0.05, 0) is 30.7 Å². The first-order chi connectivity index (χ1) is 11.1. The molecule has 2 aromatic rings. The normalized spacial score (nSPS) is 10.3. The highest BCUT2D eigenvalue weighted by molar-refractivity contribution is 6.36. The van der Waals surface area contributed by atoms with Gasteiger partial charge in [0, 0.05) is 30.5 Å². The molecule has 0 aliphatic carbocycles. The molecule has 2 rings (SSSR count). The molecule has 23 heavy (non-hydrogen) atoms. The quantitative estimate of drug-likeness (QED) is 0.747. The van der Waals surface area contributed by atoms with Gasteiger partial charge in [-0.15, -0.1) is 0 Å². The zero-order chi connectivity index (χ0) is 16.7. The molecule has 2 amide bonds. The van der Waals surface area contributed by atoms with Crippen LogP contribution in [0, 0.1) is 0 Å². The first kappa shape index (κ1) is 17.3. The maximum absolute atomic E-state index is 11.9. The van der Waals surface area contributed by atoms with Gasteiger partial charge in [-0.3, -0.25) is 14.3 Å². The third-order valence-electron chi connectivity index (χ3n) is 3.03. The van der Waals surface area contributed by atoms with E-state index in [2.05, 4.69) is 15.7 Å². The molecule has 0 aliphatic heterocycles. The number of hydrogen-bond acceptors (Lipinski definition) is 3. The minimum atomic E-state index is -0.418. The minimum absolute atomic E-state index is 0.112.